The van der Waals surface area contributed by atoms with E-state index < -0.39 is 27.9 Å². The predicted molar refractivity (Wildman–Crippen MR) is 74.0 cm³/mol. The number of nitrogens with zero attached hydrogens (tertiary/aromatic N) is 1. The first-order valence-electron chi connectivity index (χ1n) is 5.97. The van der Waals surface area contributed by atoms with Gasteiger partial charge in [-0.3, -0.25) is 10.1 Å². The molecule has 1 atom stereocenters. The lowest BCUT2D eigenvalue weighted by atomic mass is 10.1. The van der Waals surface area contributed by atoms with Gasteiger partial charge in [0, 0.05) is 10.9 Å². The third-order valence-electron chi connectivity index (χ3n) is 2.88. The van der Waals surface area contributed by atoms with Crippen LogP contribution in [-0.2, 0) is 0 Å². The molecule has 106 valence electrons. The molecule has 1 aromatic heterocycles. The Labute approximate surface area is 118 Å². The predicted octanol–water partition coefficient (Wildman–Crippen LogP) is 4.50. The quantitative estimate of drug-likeness (QED) is 0.653. The van der Waals surface area contributed by atoms with Crippen molar-refractivity contribution in [2.75, 3.05) is 5.32 Å². The van der Waals surface area contributed by atoms with Gasteiger partial charge < -0.3 is 5.32 Å². The van der Waals surface area contributed by atoms with Crippen molar-refractivity contribution >= 4 is 22.7 Å². The van der Waals surface area contributed by atoms with Crippen LogP contribution in [0.25, 0.3) is 0 Å². The first kappa shape index (κ1) is 14.4. The monoisotopic (exact) mass is 298 g/mol. The van der Waals surface area contributed by atoms with Crippen LogP contribution in [0.3, 0.4) is 0 Å². The smallest absolute Gasteiger partial charge is 0.295 e. The summed E-state index contributed by atoms with van der Waals surface area (Å²) < 4.78 is 27.1. The molecule has 2 aromatic rings. The molecular weight excluding hydrogens is 286 g/mol. The highest BCUT2D eigenvalue weighted by molar-refractivity contribution is 7.10. The van der Waals surface area contributed by atoms with E-state index in [0.29, 0.717) is 6.42 Å². The largest absolute Gasteiger partial charge is 0.369 e. The zero-order valence-electron chi connectivity index (χ0n) is 10.6. The summed E-state index contributed by atoms with van der Waals surface area (Å²) in [6.45, 7) is 1.86. The molecule has 0 aliphatic heterocycles. The Morgan fingerprint density at radius 2 is 2.15 bits per heavy atom. The zero-order chi connectivity index (χ0) is 14.7. The molecule has 7 heteroatoms. The van der Waals surface area contributed by atoms with Gasteiger partial charge in [0.1, 0.15) is 0 Å². The Balaban J connectivity index is 2.41. The molecule has 0 saturated heterocycles. The molecule has 0 bridgehead atoms. The lowest BCUT2D eigenvalue weighted by Crippen LogP contribution is -2.12. The molecule has 1 heterocycles. The van der Waals surface area contributed by atoms with Crippen LogP contribution in [0.15, 0.2) is 29.6 Å². The summed E-state index contributed by atoms with van der Waals surface area (Å²) in [6.07, 6.45) is 0.591. The first-order valence-corrected chi connectivity index (χ1v) is 6.84. The van der Waals surface area contributed by atoms with Gasteiger partial charge in [0.15, 0.2) is 17.3 Å². The number of hydrogen-bond donors (Lipinski definition) is 1. The van der Waals surface area contributed by atoms with E-state index in [4.69, 9.17) is 0 Å². The number of hydrogen-bond acceptors (Lipinski definition) is 4. The highest BCUT2D eigenvalue weighted by Crippen LogP contribution is 2.34. The third-order valence-corrected chi connectivity index (χ3v) is 3.87. The molecule has 0 amide bonds. The highest BCUT2D eigenvalue weighted by Gasteiger charge is 2.24. The van der Waals surface area contributed by atoms with Gasteiger partial charge in [0.2, 0.25) is 0 Å². The minimum Gasteiger partial charge on any atom is -0.369 e. The van der Waals surface area contributed by atoms with E-state index >= 15 is 0 Å². The maximum atomic E-state index is 13.8. The molecule has 0 aliphatic carbocycles. The molecule has 4 nitrogen and oxygen atoms in total. The fourth-order valence-electron chi connectivity index (χ4n) is 1.87. The van der Waals surface area contributed by atoms with Crippen molar-refractivity contribution < 1.29 is 13.7 Å². The number of anilines is 1. The summed E-state index contributed by atoms with van der Waals surface area (Å²) in [7, 11) is 0. The van der Waals surface area contributed by atoms with E-state index in [1.165, 1.54) is 11.3 Å². The molecule has 0 radical (unpaired) electrons. The topological polar surface area (TPSA) is 55.2 Å². The SMILES string of the molecule is CCC(Nc1c([N+](=O)[O-])ccc(F)c1F)c1cccs1. The maximum Gasteiger partial charge on any atom is 0.295 e. The number of rotatable bonds is 5. The summed E-state index contributed by atoms with van der Waals surface area (Å²) in [5, 5.41) is 15.5. The normalized spacial score (nSPS) is 12.2. The third kappa shape index (κ3) is 2.77. The second kappa shape index (κ2) is 5.96. The van der Waals surface area contributed by atoms with E-state index in [1.54, 1.807) is 0 Å². The average molecular weight is 298 g/mol. The van der Waals surface area contributed by atoms with Gasteiger partial charge in [-0.1, -0.05) is 13.0 Å². The van der Waals surface area contributed by atoms with Crippen molar-refractivity contribution in [3.05, 3.63) is 56.3 Å². The second-order valence-electron chi connectivity index (χ2n) is 4.13. The van der Waals surface area contributed by atoms with Gasteiger partial charge in [-0.2, -0.15) is 0 Å². The molecule has 1 aromatic carbocycles. The number of halogens is 2. The highest BCUT2D eigenvalue weighted by atomic mass is 32.1. The fraction of sp³-hybridized carbons (Fsp3) is 0.231. The van der Waals surface area contributed by atoms with E-state index in [1.807, 2.05) is 24.4 Å². The van der Waals surface area contributed by atoms with Gasteiger partial charge in [-0.15, -0.1) is 11.3 Å². The molecule has 0 aliphatic rings. The zero-order valence-corrected chi connectivity index (χ0v) is 11.4. The van der Waals surface area contributed by atoms with Crippen molar-refractivity contribution in [2.45, 2.75) is 19.4 Å². The molecule has 20 heavy (non-hydrogen) atoms. The van der Waals surface area contributed by atoms with E-state index in [2.05, 4.69) is 5.32 Å². The summed E-state index contributed by atoms with van der Waals surface area (Å²) in [6, 6.07) is 5.09. The van der Waals surface area contributed by atoms with Gasteiger partial charge in [-0.05, 0) is 23.9 Å². The van der Waals surface area contributed by atoms with Gasteiger partial charge in [0.25, 0.3) is 5.69 Å². The molecular formula is C13H12F2N2O2S. The summed E-state index contributed by atoms with van der Waals surface area (Å²) in [5.41, 5.74) is -0.880. The minimum atomic E-state index is -1.23. The Bertz CT molecular complexity index is 617. The molecule has 1 N–H and O–H groups in total. The maximum absolute atomic E-state index is 13.8. The van der Waals surface area contributed by atoms with Crippen LogP contribution in [0, 0.1) is 21.7 Å². The van der Waals surface area contributed by atoms with Crippen molar-refractivity contribution in [2.24, 2.45) is 0 Å². The number of benzene rings is 1. The van der Waals surface area contributed by atoms with Crippen LogP contribution < -0.4 is 5.32 Å². The summed E-state index contributed by atoms with van der Waals surface area (Å²) in [5.74, 6) is -2.34. The molecule has 2 rings (SSSR count). The van der Waals surface area contributed by atoms with Gasteiger partial charge in [-0.25, -0.2) is 8.78 Å². The molecule has 0 spiro atoms. The number of nitro benzene ring substituents is 1. The van der Waals surface area contributed by atoms with Crippen LogP contribution in [0.4, 0.5) is 20.2 Å². The lowest BCUT2D eigenvalue weighted by molar-refractivity contribution is -0.384. The van der Waals surface area contributed by atoms with Crippen molar-refractivity contribution in [1.82, 2.24) is 0 Å². The Hall–Kier alpha value is -2.02. The molecule has 0 fully saturated rings. The Kier molecular flexibility index (Phi) is 4.29. The van der Waals surface area contributed by atoms with Crippen LogP contribution in [0.1, 0.15) is 24.3 Å². The van der Waals surface area contributed by atoms with E-state index in [9.17, 15) is 18.9 Å². The van der Waals surface area contributed by atoms with E-state index in [0.717, 1.165) is 17.0 Å². The lowest BCUT2D eigenvalue weighted by Gasteiger charge is -2.17. The van der Waals surface area contributed by atoms with Crippen molar-refractivity contribution in [3.8, 4) is 0 Å². The summed E-state index contributed by atoms with van der Waals surface area (Å²) >= 11 is 1.45. The van der Waals surface area contributed by atoms with Gasteiger partial charge in [0.05, 0.1) is 11.0 Å². The average Bonchev–Trinajstić information content (AvgIpc) is 2.94. The van der Waals surface area contributed by atoms with Crippen LogP contribution in [0.5, 0.6) is 0 Å². The Morgan fingerprint density at radius 3 is 2.70 bits per heavy atom. The molecule has 0 saturated carbocycles. The second-order valence-corrected chi connectivity index (χ2v) is 5.11. The van der Waals surface area contributed by atoms with Gasteiger partial charge >= 0.3 is 0 Å². The van der Waals surface area contributed by atoms with E-state index in [-0.39, 0.29) is 6.04 Å². The number of thiophene rings is 1. The fourth-order valence-corrected chi connectivity index (χ4v) is 2.73. The van der Waals surface area contributed by atoms with Crippen LogP contribution in [0.2, 0.25) is 0 Å². The van der Waals surface area contributed by atoms with Crippen LogP contribution >= 0.6 is 11.3 Å². The number of nitro groups is 1. The first-order chi connectivity index (χ1) is 9.54. The number of nitrogens with one attached hydrogen (secondary N) is 1. The standard InChI is InChI=1S/C13H12F2N2O2S/c1-2-9(11-4-3-7-20-11)16-13-10(17(18)19)6-5-8(14)12(13)15/h3-7,9,16H,2H2,1H3. The Morgan fingerprint density at radius 1 is 1.40 bits per heavy atom. The van der Waals surface area contributed by atoms with Crippen molar-refractivity contribution in [3.63, 3.8) is 0 Å². The summed E-state index contributed by atoms with van der Waals surface area (Å²) in [4.78, 5) is 11.1. The van der Waals surface area contributed by atoms with Crippen LogP contribution in [-0.4, -0.2) is 4.92 Å². The minimum absolute atomic E-state index is 0.301. The van der Waals surface area contributed by atoms with Crippen molar-refractivity contribution in [1.29, 1.82) is 0 Å². The molecule has 1 unspecified atom stereocenters.